The average Bonchev–Trinajstić information content (AvgIpc) is 3.48. The summed E-state index contributed by atoms with van der Waals surface area (Å²) in [6, 6.07) is 5.58. The number of halogens is 2. The lowest BCUT2D eigenvalue weighted by molar-refractivity contribution is -0.116. The highest BCUT2D eigenvalue weighted by Crippen LogP contribution is 2.48. The number of methoxy groups -OCH3 is 2. The molecule has 2 atom stereocenters. The predicted octanol–water partition coefficient (Wildman–Crippen LogP) is 5.81. The van der Waals surface area contributed by atoms with Gasteiger partial charge >= 0.3 is 0 Å². The molecule has 3 aromatic rings. The number of ketones is 1. The van der Waals surface area contributed by atoms with Crippen molar-refractivity contribution in [1.82, 2.24) is 9.97 Å². The van der Waals surface area contributed by atoms with Gasteiger partial charge in [-0.2, -0.15) is 0 Å². The van der Waals surface area contributed by atoms with Crippen molar-refractivity contribution >= 4 is 51.4 Å². The van der Waals surface area contributed by atoms with Gasteiger partial charge in [-0.25, -0.2) is 9.97 Å². The Kier molecular flexibility index (Phi) is 8.20. The molecule has 0 unspecified atom stereocenters. The number of pyridine rings is 2. The van der Waals surface area contributed by atoms with Crippen molar-refractivity contribution in [3.63, 3.8) is 0 Å². The van der Waals surface area contributed by atoms with Crippen LogP contribution in [-0.2, 0) is 14.3 Å². The molecule has 9 nitrogen and oxygen atoms in total. The van der Waals surface area contributed by atoms with Crippen LogP contribution in [0.3, 0.4) is 0 Å². The topological polar surface area (TPSA) is 95.0 Å². The largest absolute Gasteiger partial charge is 0.495 e. The molecular weight excluding hydrogens is 579 g/mol. The molecule has 0 aliphatic carbocycles. The molecule has 1 spiro atoms. The molecule has 1 aromatic carbocycles. The third kappa shape index (κ3) is 5.39. The summed E-state index contributed by atoms with van der Waals surface area (Å²) in [7, 11) is 3.10. The van der Waals surface area contributed by atoms with E-state index in [0.29, 0.717) is 58.3 Å². The fourth-order valence-corrected chi connectivity index (χ4v) is 6.91. The van der Waals surface area contributed by atoms with Crippen LogP contribution in [0.4, 0.5) is 11.6 Å². The Morgan fingerprint density at radius 2 is 1.93 bits per heavy atom. The summed E-state index contributed by atoms with van der Waals surface area (Å²) >= 11 is 13.6. The second-order valence-corrected chi connectivity index (χ2v) is 12.1. The summed E-state index contributed by atoms with van der Waals surface area (Å²) < 4.78 is 22.5. The summed E-state index contributed by atoms with van der Waals surface area (Å²) in [5.41, 5.74) is 1.28. The van der Waals surface area contributed by atoms with Gasteiger partial charge in [0, 0.05) is 66.7 Å². The molecule has 0 amide bonds. The van der Waals surface area contributed by atoms with E-state index in [1.165, 1.54) is 6.08 Å². The Morgan fingerprint density at radius 3 is 2.60 bits per heavy atom. The molecule has 5 heterocycles. The molecule has 2 aromatic heterocycles. The third-order valence-corrected chi connectivity index (χ3v) is 9.34. The van der Waals surface area contributed by atoms with E-state index >= 15 is 0 Å². The van der Waals surface area contributed by atoms with Gasteiger partial charge in [-0.05, 0) is 37.0 Å². The van der Waals surface area contributed by atoms with E-state index < -0.39 is 0 Å². The molecule has 11 heteroatoms. The molecule has 0 bridgehead atoms. The molecule has 3 fully saturated rings. The number of fused-ring (bicyclic) bond motifs is 1. The van der Waals surface area contributed by atoms with Crippen LogP contribution < -0.4 is 19.7 Å². The fraction of sp³-hybridized carbons (Fsp3) is 0.452. The van der Waals surface area contributed by atoms with Crippen molar-refractivity contribution in [3.8, 4) is 22.8 Å². The maximum Gasteiger partial charge on any atom is 0.155 e. The van der Waals surface area contributed by atoms with Gasteiger partial charge in [0.25, 0.3) is 0 Å². The van der Waals surface area contributed by atoms with E-state index in [0.717, 1.165) is 55.7 Å². The number of hydrogen-bond acceptors (Lipinski definition) is 9. The van der Waals surface area contributed by atoms with Gasteiger partial charge in [0.05, 0.1) is 49.2 Å². The highest BCUT2D eigenvalue weighted by atomic mass is 35.5. The molecule has 0 radical (unpaired) electrons. The Balaban J connectivity index is 1.41. The van der Waals surface area contributed by atoms with E-state index in [2.05, 4.69) is 16.8 Å². The van der Waals surface area contributed by atoms with E-state index in [1.807, 2.05) is 18.3 Å². The molecule has 0 saturated carbocycles. The molecule has 1 N–H and O–H groups in total. The highest BCUT2D eigenvalue weighted by Gasteiger charge is 2.47. The lowest BCUT2D eigenvalue weighted by atomic mass is 9.79. The molecule has 3 aliphatic heterocycles. The standard InChI is InChI=1S/C31H34Cl2N4O5/c1-4-20(38)9-18-5-7-41-14-23(18)35-26-11-21-19(13-34-26)10-22(27-28(32)24(39-2)12-25(40-3)29(27)33)36-30(21)37-15-31(16-37)6-8-42-17-31/h4,10-13,18,23H,1,5-9,14-17H2,2-3H3,(H,34,35)/t18-,23-/m1/s1. The van der Waals surface area contributed by atoms with Gasteiger partial charge in [0.15, 0.2) is 5.78 Å². The first-order chi connectivity index (χ1) is 20.3. The van der Waals surface area contributed by atoms with Crippen molar-refractivity contribution in [2.75, 3.05) is 64.0 Å². The first-order valence-corrected chi connectivity index (χ1v) is 14.8. The number of nitrogens with zero attached hydrogens (tertiary/aromatic N) is 3. The highest BCUT2D eigenvalue weighted by molar-refractivity contribution is 6.41. The summed E-state index contributed by atoms with van der Waals surface area (Å²) in [6.07, 6.45) is 5.48. The van der Waals surface area contributed by atoms with Crippen LogP contribution in [0.2, 0.25) is 10.0 Å². The van der Waals surface area contributed by atoms with Crippen LogP contribution in [0.25, 0.3) is 22.0 Å². The number of ether oxygens (including phenoxy) is 4. The van der Waals surface area contributed by atoms with Crippen LogP contribution in [-0.4, -0.2) is 75.5 Å². The molecule has 6 rings (SSSR count). The Morgan fingerprint density at radius 1 is 1.17 bits per heavy atom. The normalized spacial score (nSPS) is 21.3. The molecular formula is C31H34Cl2N4O5. The Labute approximate surface area is 255 Å². The van der Waals surface area contributed by atoms with Crippen molar-refractivity contribution in [1.29, 1.82) is 0 Å². The van der Waals surface area contributed by atoms with Gasteiger partial charge in [0.1, 0.15) is 23.1 Å². The minimum atomic E-state index is -0.0481. The van der Waals surface area contributed by atoms with Gasteiger partial charge in [-0.1, -0.05) is 29.8 Å². The van der Waals surface area contributed by atoms with Crippen molar-refractivity contribution in [3.05, 3.63) is 47.1 Å². The van der Waals surface area contributed by atoms with Gasteiger partial charge in [-0.3, -0.25) is 4.79 Å². The van der Waals surface area contributed by atoms with Gasteiger partial charge in [-0.15, -0.1) is 0 Å². The zero-order valence-corrected chi connectivity index (χ0v) is 25.3. The maximum absolute atomic E-state index is 12.1. The second-order valence-electron chi connectivity index (χ2n) is 11.3. The lowest BCUT2D eigenvalue weighted by Gasteiger charge is -2.48. The van der Waals surface area contributed by atoms with E-state index in [1.54, 1.807) is 20.3 Å². The minimum Gasteiger partial charge on any atom is -0.495 e. The number of benzene rings is 1. The van der Waals surface area contributed by atoms with Crippen LogP contribution in [0.15, 0.2) is 37.1 Å². The lowest BCUT2D eigenvalue weighted by Crippen LogP contribution is -2.57. The Hall–Kier alpha value is -3.11. The second kappa shape index (κ2) is 11.9. The molecule has 42 heavy (non-hydrogen) atoms. The number of rotatable bonds is 9. The predicted molar refractivity (Wildman–Crippen MR) is 164 cm³/mol. The monoisotopic (exact) mass is 612 g/mol. The fourth-order valence-electron chi connectivity index (χ4n) is 6.22. The summed E-state index contributed by atoms with van der Waals surface area (Å²) in [4.78, 5) is 24.3. The summed E-state index contributed by atoms with van der Waals surface area (Å²) in [6.45, 7) is 7.99. The Bertz CT molecular complexity index is 1490. The van der Waals surface area contributed by atoms with Crippen molar-refractivity contribution < 1.29 is 23.7 Å². The molecule has 3 aliphatic rings. The van der Waals surface area contributed by atoms with Gasteiger partial charge < -0.3 is 29.2 Å². The van der Waals surface area contributed by atoms with Crippen molar-refractivity contribution in [2.24, 2.45) is 11.3 Å². The molecule has 222 valence electrons. The van der Waals surface area contributed by atoms with E-state index in [9.17, 15) is 4.79 Å². The average molecular weight is 614 g/mol. The molecule has 3 saturated heterocycles. The van der Waals surface area contributed by atoms with E-state index in [-0.39, 0.29) is 23.2 Å². The van der Waals surface area contributed by atoms with Crippen LogP contribution in [0.5, 0.6) is 11.5 Å². The van der Waals surface area contributed by atoms with Gasteiger partial charge in [0.2, 0.25) is 0 Å². The number of aromatic nitrogens is 2. The number of carbonyl (C=O) groups excluding carboxylic acids is 1. The first kappa shape index (κ1) is 29.0. The first-order valence-electron chi connectivity index (χ1n) is 14.1. The third-order valence-electron chi connectivity index (χ3n) is 8.58. The van der Waals surface area contributed by atoms with Crippen LogP contribution >= 0.6 is 23.2 Å². The number of carbonyl (C=O) groups is 1. The van der Waals surface area contributed by atoms with E-state index in [4.69, 9.17) is 52.1 Å². The van der Waals surface area contributed by atoms with Crippen molar-refractivity contribution in [2.45, 2.75) is 25.3 Å². The summed E-state index contributed by atoms with van der Waals surface area (Å²) in [5.74, 6) is 2.57. The zero-order valence-electron chi connectivity index (χ0n) is 23.8. The minimum absolute atomic E-state index is 0.0354. The SMILES string of the molecule is C=CC(=O)C[C@H]1CCOC[C@H]1Nc1cc2c(N3CC4(CCOC4)C3)nc(-c3c(Cl)c(OC)cc(OC)c3Cl)cc2cn1. The maximum atomic E-state index is 12.1. The number of allylic oxidation sites excluding steroid dienone is 1. The van der Waals surface area contributed by atoms with Crippen LogP contribution in [0.1, 0.15) is 19.3 Å². The summed E-state index contributed by atoms with van der Waals surface area (Å²) in [5, 5.41) is 6.08. The quantitative estimate of drug-likeness (QED) is 0.300. The van der Waals surface area contributed by atoms with Crippen LogP contribution in [0, 0.1) is 11.3 Å². The number of nitrogens with one attached hydrogen (secondary N) is 1. The number of hydrogen-bond donors (Lipinski definition) is 1. The number of anilines is 2. The smallest absolute Gasteiger partial charge is 0.155 e. The zero-order chi connectivity index (χ0) is 29.4.